The van der Waals surface area contributed by atoms with E-state index in [-0.39, 0.29) is 12.5 Å². The maximum atomic E-state index is 12.2. The van der Waals surface area contributed by atoms with E-state index < -0.39 is 0 Å². The van der Waals surface area contributed by atoms with E-state index in [1.165, 1.54) is 11.3 Å². The highest BCUT2D eigenvalue weighted by Crippen LogP contribution is 2.24. The van der Waals surface area contributed by atoms with Crippen LogP contribution in [0.4, 0.5) is 0 Å². The van der Waals surface area contributed by atoms with Crippen molar-refractivity contribution in [2.24, 2.45) is 5.92 Å². The van der Waals surface area contributed by atoms with Crippen molar-refractivity contribution in [1.29, 1.82) is 0 Å². The summed E-state index contributed by atoms with van der Waals surface area (Å²) < 4.78 is 0. The first-order chi connectivity index (χ1) is 8.20. The van der Waals surface area contributed by atoms with Crippen molar-refractivity contribution >= 4 is 29.9 Å². The van der Waals surface area contributed by atoms with E-state index in [0.29, 0.717) is 5.92 Å². The Morgan fingerprint density at radius 2 is 2.47 bits per heavy atom. The summed E-state index contributed by atoms with van der Waals surface area (Å²) >= 11 is 5.67. The lowest BCUT2D eigenvalue weighted by Gasteiger charge is -2.32. The summed E-state index contributed by atoms with van der Waals surface area (Å²) in [7, 11) is 0. The molecule has 2 rings (SSSR count). The average molecular weight is 271 g/mol. The molecule has 1 unspecified atom stereocenters. The van der Waals surface area contributed by atoms with Gasteiger partial charge in [-0.2, -0.15) is 0 Å². The van der Waals surface area contributed by atoms with Gasteiger partial charge in [0.25, 0.3) is 5.91 Å². The van der Waals surface area contributed by atoms with Crippen LogP contribution in [0.5, 0.6) is 0 Å². The Labute approximate surface area is 111 Å². The largest absolute Gasteiger partial charge is 0.396 e. The van der Waals surface area contributed by atoms with Crippen molar-refractivity contribution in [3.8, 4) is 0 Å². The number of thiophene rings is 1. The van der Waals surface area contributed by atoms with Crippen LogP contribution in [0, 0.1) is 5.92 Å². The molecule has 94 valence electrons. The van der Waals surface area contributed by atoms with Crippen LogP contribution >= 0.6 is 24.0 Å². The van der Waals surface area contributed by atoms with Crippen LogP contribution in [0.3, 0.4) is 0 Å². The number of nitrogens with zero attached hydrogens (tertiary/aromatic N) is 1. The monoisotopic (exact) mass is 271 g/mol. The smallest absolute Gasteiger partial charge is 0.263 e. The Balaban J connectivity index is 1.99. The third-order valence-electron chi connectivity index (χ3n) is 3.14. The second-order valence-electron chi connectivity index (χ2n) is 4.44. The molecule has 0 aromatic carbocycles. The van der Waals surface area contributed by atoms with E-state index in [2.05, 4.69) is 12.6 Å². The first-order valence-corrected chi connectivity index (χ1v) is 7.21. The minimum atomic E-state index is 0.109. The number of likely N-dealkylation sites (tertiary alicyclic amines) is 1. The Bertz CT molecular complexity index is 390. The lowest BCUT2D eigenvalue weighted by Crippen LogP contribution is -2.39. The zero-order valence-electron chi connectivity index (χ0n) is 9.63. The van der Waals surface area contributed by atoms with Crippen molar-refractivity contribution in [1.82, 2.24) is 4.90 Å². The lowest BCUT2D eigenvalue weighted by molar-refractivity contribution is 0.0658. The highest BCUT2D eigenvalue weighted by Gasteiger charge is 2.24. The molecule has 17 heavy (non-hydrogen) atoms. The quantitative estimate of drug-likeness (QED) is 0.828. The molecule has 0 bridgehead atoms. The highest BCUT2D eigenvalue weighted by atomic mass is 32.1. The predicted molar refractivity (Wildman–Crippen MR) is 71.9 cm³/mol. The van der Waals surface area contributed by atoms with Crippen LogP contribution in [0.25, 0.3) is 0 Å². The molecule has 0 radical (unpaired) electrons. The van der Waals surface area contributed by atoms with Gasteiger partial charge in [0, 0.05) is 30.0 Å². The minimum Gasteiger partial charge on any atom is -0.396 e. The van der Waals surface area contributed by atoms with Crippen molar-refractivity contribution in [2.75, 3.05) is 19.7 Å². The summed E-state index contributed by atoms with van der Waals surface area (Å²) in [6.07, 6.45) is 2.95. The number of piperidine rings is 1. The van der Waals surface area contributed by atoms with Crippen LogP contribution in [0.15, 0.2) is 16.3 Å². The normalized spacial score (nSPS) is 20.6. The molecule has 1 aliphatic rings. The van der Waals surface area contributed by atoms with E-state index in [4.69, 9.17) is 5.11 Å². The summed E-state index contributed by atoms with van der Waals surface area (Å²) in [5, 5.41) is 10.8. The lowest BCUT2D eigenvalue weighted by atomic mass is 9.95. The summed E-state index contributed by atoms with van der Waals surface area (Å²) in [6.45, 7) is 1.83. The number of thiol groups is 1. The number of rotatable bonds is 3. The maximum absolute atomic E-state index is 12.2. The predicted octanol–water partition coefficient (Wildman–Crippen LogP) is 2.27. The molecule has 1 fully saturated rings. The summed E-state index contributed by atoms with van der Waals surface area (Å²) in [4.78, 5) is 15.7. The first-order valence-electron chi connectivity index (χ1n) is 5.88. The topological polar surface area (TPSA) is 40.5 Å². The SMILES string of the molecule is O=C(c1cc(S)cs1)N1CCCC(CCO)C1. The van der Waals surface area contributed by atoms with E-state index in [1.807, 2.05) is 16.3 Å². The first kappa shape index (κ1) is 12.9. The average Bonchev–Trinajstić information content (AvgIpc) is 2.76. The van der Waals surface area contributed by atoms with Crippen molar-refractivity contribution < 1.29 is 9.90 Å². The zero-order valence-corrected chi connectivity index (χ0v) is 11.3. The Morgan fingerprint density at radius 1 is 1.65 bits per heavy atom. The molecule has 0 aliphatic carbocycles. The molecule has 5 heteroatoms. The van der Waals surface area contributed by atoms with Gasteiger partial charge in [-0.05, 0) is 31.2 Å². The van der Waals surface area contributed by atoms with Gasteiger partial charge >= 0.3 is 0 Å². The third-order valence-corrected chi connectivity index (χ3v) is 4.49. The molecule has 0 spiro atoms. The Kier molecular flexibility index (Phi) is 4.48. The molecular weight excluding hydrogens is 254 g/mol. The summed E-state index contributed by atoms with van der Waals surface area (Å²) in [5.41, 5.74) is 0. The fraction of sp³-hybridized carbons (Fsp3) is 0.583. The number of aliphatic hydroxyl groups is 1. The standard InChI is InChI=1S/C12H17NO2S2/c14-5-3-9-2-1-4-13(7-9)12(15)11-6-10(16)8-17-11/h6,8-9,14,16H,1-5,7H2. The van der Waals surface area contributed by atoms with Gasteiger partial charge in [0.1, 0.15) is 0 Å². The van der Waals surface area contributed by atoms with Gasteiger partial charge in [-0.15, -0.1) is 24.0 Å². The molecule has 0 saturated carbocycles. The number of amides is 1. The van der Waals surface area contributed by atoms with Gasteiger partial charge in [-0.3, -0.25) is 4.79 Å². The van der Waals surface area contributed by atoms with Gasteiger partial charge < -0.3 is 10.0 Å². The number of aliphatic hydroxyl groups excluding tert-OH is 1. The zero-order chi connectivity index (χ0) is 12.3. The maximum Gasteiger partial charge on any atom is 0.263 e. The van der Waals surface area contributed by atoms with Crippen molar-refractivity contribution in [3.05, 3.63) is 16.3 Å². The van der Waals surface area contributed by atoms with E-state index >= 15 is 0 Å². The van der Waals surface area contributed by atoms with E-state index in [0.717, 1.165) is 42.1 Å². The summed E-state index contributed by atoms with van der Waals surface area (Å²) in [5.74, 6) is 0.561. The fourth-order valence-electron chi connectivity index (χ4n) is 2.26. The van der Waals surface area contributed by atoms with Gasteiger partial charge in [-0.1, -0.05) is 0 Å². The number of carbonyl (C=O) groups is 1. The minimum absolute atomic E-state index is 0.109. The molecular formula is C12H17NO2S2. The summed E-state index contributed by atoms with van der Waals surface area (Å²) in [6, 6.07) is 1.83. The molecule has 2 heterocycles. The molecule has 1 amide bonds. The number of hydrogen-bond donors (Lipinski definition) is 2. The van der Waals surface area contributed by atoms with Crippen LogP contribution in [-0.2, 0) is 0 Å². The Hall–Kier alpha value is -0.520. The highest BCUT2D eigenvalue weighted by molar-refractivity contribution is 7.80. The van der Waals surface area contributed by atoms with Crippen LogP contribution in [0.2, 0.25) is 0 Å². The van der Waals surface area contributed by atoms with E-state index in [9.17, 15) is 4.79 Å². The van der Waals surface area contributed by atoms with E-state index in [1.54, 1.807) is 0 Å². The fourth-order valence-corrected chi connectivity index (χ4v) is 3.38. The third kappa shape index (κ3) is 3.24. The molecule has 3 nitrogen and oxygen atoms in total. The van der Waals surface area contributed by atoms with Crippen LogP contribution in [0.1, 0.15) is 28.9 Å². The molecule has 1 atom stereocenters. The van der Waals surface area contributed by atoms with Gasteiger partial charge in [0.2, 0.25) is 0 Å². The molecule has 1 N–H and O–H groups in total. The number of carbonyl (C=O) groups excluding carboxylic acids is 1. The molecule has 1 aromatic rings. The molecule has 1 saturated heterocycles. The van der Waals surface area contributed by atoms with Gasteiger partial charge in [-0.25, -0.2) is 0 Å². The van der Waals surface area contributed by atoms with Crippen molar-refractivity contribution in [2.45, 2.75) is 24.2 Å². The van der Waals surface area contributed by atoms with Crippen LogP contribution in [-0.4, -0.2) is 35.6 Å². The van der Waals surface area contributed by atoms with Crippen molar-refractivity contribution in [3.63, 3.8) is 0 Å². The molecule has 1 aromatic heterocycles. The second kappa shape index (κ2) is 5.89. The van der Waals surface area contributed by atoms with Gasteiger partial charge in [0.05, 0.1) is 4.88 Å². The number of hydrogen-bond acceptors (Lipinski definition) is 4. The second-order valence-corrected chi connectivity index (χ2v) is 5.87. The molecule has 1 aliphatic heterocycles. The van der Waals surface area contributed by atoms with Gasteiger partial charge in [0.15, 0.2) is 0 Å². The Morgan fingerprint density at radius 3 is 3.12 bits per heavy atom. The van der Waals surface area contributed by atoms with Crippen LogP contribution < -0.4 is 0 Å².